The third-order valence-electron chi connectivity index (χ3n) is 5.02. The number of hydrogen-bond acceptors (Lipinski definition) is 2. The monoisotopic (exact) mass is 294 g/mol. The molecule has 1 aliphatic heterocycles. The van der Waals surface area contributed by atoms with Gasteiger partial charge in [0, 0.05) is 6.54 Å². The molecule has 120 valence electrons. The van der Waals surface area contributed by atoms with Crippen LogP contribution < -0.4 is 5.32 Å². The molecule has 1 aliphatic carbocycles. The first-order valence-electron chi connectivity index (χ1n) is 8.37. The fourth-order valence-electron chi connectivity index (χ4n) is 3.21. The molecule has 1 N–H and O–H groups in total. The van der Waals surface area contributed by atoms with E-state index in [4.69, 9.17) is 0 Å². The number of rotatable bonds is 5. The fraction of sp³-hybridized carbons (Fsp3) is 0.882. The summed E-state index contributed by atoms with van der Waals surface area (Å²) in [4.78, 5) is 27.5. The lowest BCUT2D eigenvalue weighted by atomic mass is 9.85. The normalized spacial score (nSPS) is 26.0. The van der Waals surface area contributed by atoms with Gasteiger partial charge in [-0.05, 0) is 43.4 Å². The van der Waals surface area contributed by atoms with Crippen molar-refractivity contribution in [1.29, 1.82) is 0 Å². The first kappa shape index (κ1) is 16.3. The van der Waals surface area contributed by atoms with Crippen molar-refractivity contribution in [3.8, 4) is 0 Å². The molecular formula is C17H30N2O2. The van der Waals surface area contributed by atoms with E-state index >= 15 is 0 Å². The van der Waals surface area contributed by atoms with Gasteiger partial charge in [0.15, 0.2) is 0 Å². The van der Waals surface area contributed by atoms with Crippen LogP contribution in [0.15, 0.2) is 0 Å². The van der Waals surface area contributed by atoms with Gasteiger partial charge < -0.3 is 10.2 Å². The van der Waals surface area contributed by atoms with Crippen LogP contribution in [0.5, 0.6) is 0 Å². The van der Waals surface area contributed by atoms with Crippen LogP contribution in [0.25, 0.3) is 0 Å². The quantitative estimate of drug-likeness (QED) is 0.847. The molecule has 0 aromatic rings. The van der Waals surface area contributed by atoms with Gasteiger partial charge in [-0.3, -0.25) is 9.59 Å². The Balaban J connectivity index is 2.24. The number of carbonyl (C=O) groups is 2. The summed E-state index contributed by atoms with van der Waals surface area (Å²) < 4.78 is 0. The summed E-state index contributed by atoms with van der Waals surface area (Å²) in [6.07, 6.45) is 4.40. The van der Waals surface area contributed by atoms with Crippen molar-refractivity contribution in [3.63, 3.8) is 0 Å². The summed E-state index contributed by atoms with van der Waals surface area (Å²) in [5.41, 5.74) is -0.510. The van der Waals surface area contributed by atoms with Crippen molar-refractivity contribution in [3.05, 3.63) is 0 Å². The third kappa shape index (κ3) is 3.24. The number of carbonyl (C=O) groups excluding carboxylic acids is 2. The average Bonchev–Trinajstić information content (AvgIpc) is 3.22. The minimum atomic E-state index is -0.680. The smallest absolute Gasteiger partial charge is 0.248 e. The van der Waals surface area contributed by atoms with Gasteiger partial charge in [-0.2, -0.15) is 0 Å². The molecule has 2 aliphatic rings. The molecule has 0 aromatic carbocycles. The second kappa shape index (κ2) is 5.62. The molecule has 0 aromatic heterocycles. The van der Waals surface area contributed by atoms with Crippen molar-refractivity contribution in [2.75, 3.05) is 6.54 Å². The van der Waals surface area contributed by atoms with E-state index in [0.29, 0.717) is 25.3 Å². The molecule has 1 heterocycles. The summed E-state index contributed by atoms with van der Waals surface area (Å²) in [7, 11) is 0. The van der Waals surface area contributed by atoms with E-state index in [-0.39, 0.29) is 23.3 Å². The van der Waals surface area contributed by atoms with E-state index < -0.39 is 5.54 Å². The van der Waals surface area contributed by atoms with Crippen LogP contribution in [0.1, 0.15) is 66.7 Å². The first-order chi connectivity index (χ1) is 9.74. The highest BCUT2D eigenvalue weighted by molar-refractivity contribution is 6.00. The maximum absolute atomic E-state index is 13.0. The van der Waals surface area contributed by atoms with Gasteiger partial charge in [-0.1, -0.05) is 34.6 Å². The van der Waals surface area contributed by atoms with Gasteiger partial charge in [0.25, 0.3) is 0 Å². The summed E-state index contributed by atoms with van der Waals surface area (Å²) in [6, 6.07) is -0.230. The molecule has 4 heteroatoms. The van der Waals surface area contributed by atoms with Gasteiger partial charge in [0.05, 0.1) is 0 Å². The lowest BCUT2D eigenvalue weighted by molar-refractivity contribution is -0.156. The number of amides is 2. The Hall–Kier alpha value is -1.06. The maximum atomic E-state index is 13.0. The highest BCUT2D eigenvalue weighted by atomic mass is 16.2. The first-order valence-corrected chi connectivity index (χ1v) is 8.37. The Kier molecular flexibility index (Phi) is 4.36. The minimum Gasteiger partial charge on any atom is -0.340 e. The van der Waals surface area contributed by atoms with Gasteiger partial charge in [0.1, 0.15) is 11.6 Å². The summed E-state index contributed by atoms with van der Waals surface area (Å²) in [5.74, 6) is 0.573. The molecular weight excluding hydrogens is 264 g/mol. The van der Waals surface area contributed by atoms with Crippen LogP contribution >= 0.6 is 0 Å². The number of piperazine rings is 1. The lowest BCUT2D eigenvalue weighted by Crippen LogP contribution is -2.70. The molecule has 0 spiro atoms. The Labute approximate surface area is 128 Å². The van der Waals surface area contributed by atoms with E-state index in [1.165, 1.54) is 0 Å². The molecule has 21 heavy (non-hydrogen) atoms. The molecule has 1 unspecified atom stereocenters. The van der Waals surface area contributed by atoms with E-state index in [1.807, 2.05) is 18.7 Å². The van der Waals surface area contributed by atoms with Crippen molar-refractivity contribution >= 4 is 11.8 Å². The van der Waals surface area contributed by atoms with Gasteiger partial charge in [-0.25, -0.2) is 0 Å². The highest BCUT2D eigenvalue weighted by Crippen LogP contribution is 2.39. The summed E-state index contributed by atoms with van der Waals surface area (Å²) >= 11 is 0. The van der Waals surface area contributed by atoms with Crippen molar-refractivity contribution in [2.24, 2.45) is 11.3 Å². The minimum absolute atomic E-state index is 0.0645. The van der Waals surface area contributed by atoms with Crippen LogP contribution in [0, 0.1) is 11.3 Å². The maximum Gasteiger partial charge on any atom is 0.248 e. The standard InChI is InChI=1S/C17H30N2O2/c1-6-17(7-2)15(21)19(11-10-16(3,4)5)13(12-8-9-12)14(20)18-17/h12-13H,6-11H2,1-5H3,(H,18,20). The Morgan fingerprint density at radius 2 is 1.76 bits per heavy atom. The zero-order chi connectivity index (χ0) is 15.8. The van der Waals surface area contributed by atoms with E-state index in [2.05, 4.69) is 26.1 Å². The number of nitrogens with one attached hydrogen (secondary N) is 1. The summed E-state index contributed by atoms with van der Waals surface area (Å²) in [5, 5.41) is 3.05. The van der Waals surface area contributed by atoms with Crippen molar-refractivity contribution < 1.29 is 9.59 Å². The van der Waals surface area contributed by atoms with Gasteiger partial charge >= 0.3 is 0 Å². The molecule has 1 atom stereocenters. The SMILES string of the molecule is CCC1(CC)NC(=O)C(C2CC2)N(CCC(C)(C)C)C1=O. The molecule has 4 nitrogen and oxygen atoms in total. The van der Waals surface area contributed by atoms with Crippen LogP contribution in [0.2, 0.25) is 0 Å². The predicted molar refractivity (Wildman–Crippen MR) is 83.8 cm³/mol. The Bertz CT molecular complexity index is 417. The molecule has 1 saturated carbocycles. The van der Waals surface area contributed by atoms with Crippen LogP contribution in [-0.2, 0) is 9.59 Å². The average molecular weight is 294 g/mol. The van der Waals surface area contributed by atoms with Crippen LogP contribution in [-0.4, -0.2) is 34.8 Å². The van der Waals surface area contributed by atoms with E-state index in [9.17, 15) is 9.59 Å². The third-order valence-corrected chi connectivity index (χ3v) is 5.02. The fourth-order valence-corrected chi connectivity index (χ4v) is 3.21. The van der Waals surface area contributed by atoms with Gasteiger partial charge in [0.2, 0.25) is 11.8 Å². The van der Waals surface area contributed by atoms with Crippen molar-refractivity contribution in [2.45, 2.75) is 78.3 Å². The zero-order valence-corrected chi connectivity index (χ0v) is 14.2. The molecule has 1 saturated heterocycles. The number of nitrogens with zero attached hydrogens (tertiary/aromatic N) is 1. The van der Waals surface area contributed by atoms with Crippen molar-refractivity contribution in [1.82, 2.24) is 10.2 Å². The lowest BCUT2D eigenvalue weighted by Gasteiger charge is -2.46. The van der Waals surface area contributed by atoms with Crippen LogP contribution in [0.4, 0.5) is 0 Å². The van der Waals surface area contributed by atoms with E-state index in [0.717, 1.165) is 19.3 Å². The van der Waals surface area contributed by atoms with Gasteiger partial charge in [-0.15, -0.1) is 0 Å². The zero-order valence-electron chi connectivity index (χ0n) is 14.2. The predicted octanol–water partition coefficient (Wildman–Crippen LogP) is 2.72. The second-order valence-electron chi connectivity index (χ2n) is 7.87. The van der Waals surface area contributed by atoms with Crippen LogP contribution in [0.3, 0.4) is 0 Å². The summed E-state index contributed by atoms with van der Waals surface area (Å²) in [6.45, 7) is 11.2. The molecule has 2 fully saturated rings. The molecule has 0 bridgehead atoms. The highest BCUT2D eigenvalue weighted by Gasteiger charge is 2.52. The molecule has 2 rings (SSSR count). The topological polar surface area (TPSA) is 49.4 Å². The largest absolute Gasteiger partial charge is 0.340 e. The molecule has 2 amide bonds. The Morgan fingerprint density at radius 1 is 1.19 bits per heavy atom. The number of hydrogen-bond donors (Lipinski definition) is 1. The van der Waals surface area contributed by atoms with E-state index in [1.54, 1.807) is 0 Å². The molecule has 0 radical (unpaired) electrons. The Morgan fingerprint density at radius 3 is 2.19 bits per heavy atom. The second-order valence-corrected chi connectivity index (χ2v) is 7.87.